The number of amides is 1. The van der Waals surface area contributed by atoms with Gasteiger partial charge in [0, 0.05) is 35.8 Å². The molecule has 206 valence electrons. The van der Waals surface area contributed by atoms with E-state index in [1.165, 1.54) is 12.1 Å². The summed E-state index contributed by atoms with van der Waals surface area (Å²) in [6, 6.07) is 6.71. The molecule has 0 aliphatic heterocycles. The number of aliphatic hydroxyl groups is 1. The van der Waals surface area contributed by atoms with E-state index in [1.807, 2.05) is 13.8 Å². The van der Waals surface area contributed by atoms with Crippen LogP contribution >= 0.6 is 11.6 Å². The summed E-state index contributed by atoms with van der Waals surface area (Å²) < 4.78 is 68.1. The normalized spacial score (nSPS) is 26.4. The Bertz CT molecular complexity index is 1560. The van der Waals surface area contributed by atoms with Gasteiger partial charge in [0.1, 0.15) is 0 Å². The maximum atomic E-state index is 13.9. The second kappa shape index (κ2) is 9.91. The molecule has 11 heteroatoms. The van der Waals surface area contributed by atoms with Gasteiger partial charge in [0.25, 0.3) is 5.91 Å². The lowest BCUT2D eigenvalue weighted by Gasteiger charge is -2.44. The molecule has 0 saturated heterocycles. The minimum atomic E-state index is -4.04. The summed E-state index contributed by atoms with van der Waals surface area (Å²) in [4.78, 5) is 16.7. The summed E-state index contributed by atoms with van der Waals surface area (Å²) in [5.74, 6) is -6.02. The Morgan fingerprint density at radius 2 is 1.79 bits per heavy atom. The van der Waals surface area contributed by atoms with Gasteiger partial charge in [0.15, 0.2) is 27.3 Å². The second-order valence-electron chi connectivity index (χ2n) is 10.5. The van der Waals surface area contributed by atoms with Gasteiger partial charge < -0.3 is 10.4 Å². The van der Waals surface area contributed by atoms with Crippen molar-refractivity contribution in [3.63, 3.8) is 0 Å². The highest BCUT2D eigenvalue weighted by Gasteiger charge is 2.59. The first-order valence-electron chi connectivity index (χ1n) is 12.5. The average Bonchev–Trinajstić information content (AvgIpc) is 3.00. The molecular formula is C28H26ClF3N2O4S. The molecule has 2 N–H and O–H groups in total. The van der Waals surface area contributed by atoms with Crippen LogP contribution in [0.2, 0.25) is 5.02 Å². The Morgan fingerprint density at radius 3 is 2.44 bits per heavy atom. The number of rotatable bonds is 5. The molecule has 39 heavy (non-hydrogen) atoms. The van der Waals surface area contributed by atoms with Crippen LogP contribution in [0.25, 0.3) is 0 Å². The number of benzene rings is 2. The summed E-state index contributed by atoms with van der Waals surface area (Å²) in [6.07, 6.45) is 4.39. The Kier molecular flexibility index (Phi) is 7.01. The molecule has 0 radical (unpaired) electrons. The summed E-state index contributed by atoms with van der Waals surface area (Å²) in [6.45, 7) is 3.89. The zero-order chi connectivity index (χ0) is 28.3. The maximum absolute atomic E-state index is 13.9. The lowest BCUT2D eigenvalue weighted by Crippen LogP contribution is -2.47. The number of hydrogen-bond donors (Lipinski definition) is 2. The summed E-state index contributed by atoms with van der Waals surface area (Å²) in [7, 11) is -4.04. The molecule has 2 bridgehead atoms. The fourth-order valence-electron chi connectivity index (χ4n) is 6.38. The van der Waals surface area contributed by atoms with E-state index >= 15 is 0 Å². The number of hydrogen-bond acceptors (Lipinski definition) is 5. The number of aromatic nitrogens is 1. The van der Waals surface area contributed by atoms with E-state index in [0.29, 0.717) is 18.6 Å². The molecule has 3 aromatic rings. The van der Waals surface area contributed by atoms with Gasteiger partial charge in [-0.1, -0.05) is 18.5 Å². The van der Waals surface area contributed by atoms with Gasteiger partial charge in [0.05, 0.1) is 20.8 Å². The van der Waals surface area contributed by atoms with E-state index in [2.05, 4.69) is 10.3 Å². The Hall–Kier alpha value is -2.95. The van der Waals surface area contributed by atoms with Crippen LogP contribution in [0.3, 0.4) is 0 Å². The summed E-state index contributed by atoms with van der Waals surface area (Å²) in [5, 5.41) is 13.3. The van der Waals surface area contributed by atoms with Crippen LogP contribution in [-0.4, -0.2) is 29.7 Å². The van der Waals surface area contributed by atoms with Gasteiger partial charge in [-0.3, -0.25) is 9.78 Å². The number of pyridine rings is 1. The zero-order valence-electron chi connectivity index (χ0n) is 21.1. The molecule has 1 amide bonds. The zero-order valence-corrected chi connectivity index (χ0v) is 22.7. The molecule has 1 heterocycles. The van der Waals surface area contributed by atoms with E-state index in [9.17, 15) is 31.5 Å². The Morgan fingerprint density at radius 1 is 1.10 bits per heavy atom. The molecule has 0 spiro atoms. The second-order valence-corrected chi connectivity index (χ2v) is 13.1. The summed E-state index contributed by atoms with van der Waals surface area (Å²) in [5.41, 5.74) is -0.0198. The molecule has 2 aromatic carbocycles. The van der Waals surface area contributed by atoms with Crippen molar-refractivity contribution in [2.45, 2.75) is 48.9 Å². The third-order valence-electron chi connectivity index (χ3n) is 8.23. The molecule has 5 rings (SSSR count). The Balaban J connectivity index is 1.44. The molecule has 1 aromatic heterocycles. The minimum Gasteiger partial charge on any atom is -0.385 e. The highest BCUT2D eigenvalue weighted by Crippen LogP contribution is 2.59. The smallest absolute Gasteiger partial charge is 0.255 e. The third-order valence-corrected chi connectivity index (χ3v) is 10.9. The van der Waals surface area contributed by atoms with E-state index < -0.39 is 44.0 Å². The van der Waals surface area contributed by atoms with Crippen molar-refractivity contribution in [3.8, 4) is 0 Å². The van der Waals surface area contributed by atoms with E-state index in [-0.39, 0.29) is 51.8 Å². The third kappa shape index (κ3) is 4.62. The lowest BCUT2D eigenvalue weighted by molar-refractivity contribution is -0.0703. The average molecular weight is 579 g/mol. The number of fused-ring (bicyclic) bond motifs is 2. The molecule has 2 fully saturated rings. The SMILES string of the molecule is Cc1cnccc1[C@@]1(O)C2C[C@@H](S(=O)(=O)c3cc(C(=O)Nc4cc(F)c(F)c(F)c4)ccc3Cl)C[C@@H]1[C@@H](C)C2. The standard InChI is InChI=1S/C28H26ClF3N2O4S/c1-14-7-17-9-19(12-21(14)28(17,36)20-5-6-33-13-15(20)2)39(37,38)25-8-16(3-4-22(25)29)27(35)34-18-10-23(30)26(32)24(31)11-18/h3-6,8,10-11,13-14,17,19,21,36H,7,9,12H2,1-2H3,(H,34,35)/t14-,17?,19+,21+,28-/m0/s1. The van der Waals surface area contributed by atoms with Crippen molar-refractivity contribution in [2.24, 2.45) is 17.8 Å². The number of nitrogens with one attached hydrogen (secondary N) is 1. The van der Waals surface area contributed by atoms with Gasteiger partial charge in [-0.05, 0) is 79.3 Å². The van der Waals surface area contributed by atoms with Gasteiger partial charge in [-0.2, -0.15) is 0 Å². The first-order chi connectivity index (χ1) is 18.3. The Labute approximate surface area is 229 Å². The van der Waals surface area contributed by atoms with E-state index in [1.54, 1.807) is 18.5 Å². The molecule has 6 nitrogen and oxygen atoms in total. The van der Waals surface area contributed by atoms with E-state index in [4.69, 9.17) is 11.6 Å². The van der Waals surface area contributed by atoms with Crippen molar-refractivity contribution in [1.82, 2.24) is 4.98 Å². The van der Waals surface area contributed by atoms with Crippen molar-refractivity contribution >= 4 is 33.0 Å². The number of aryl methyl sites for hydroxylation is 1. The number of carbonyl (C=O) groups is 1. The number of nitrogens with zero attached hydrogens (tertiary/aromatic N) is 1. The van der Waals surface area contributed by atoms with Gasteiger partial charge in [0.2, 0.25) is 0 Å². The van der Waals surface area contributed by atoms with Crippen molar-refractivity contribution in [1.29, 1.82) is 0 Å². The van der Waals surface area contributed by atoms with Crippen molar-refractivity contribution < 1.29 is 31.5 Å². The number of anilines is 1. The van der Waals surface area contributed by atoms with Crippen LogP contribution in [-0.2, 0) is 15.4 Å². The fraction of sp³-hybridized carbons (Fsp3) is 0.357. The first kappa shape index (κ1) is 27.6. The number of halogens is 4. The minimum absolute atomic E-state index is 0.0726. The van der Waals surface area contributed by atoms with Crippen molar-refractivity contribution in [3.05, 3.63) is 88.0 Å². The van der Waals surface area contributed by atoms with Crippen molar-refractivity contribution in [2.75, 3.05) is 5.32 Å². The lowest BCUT2D eigenvalue weighted by atomic mass is 9.69. The van der Waals surface area contributed by atoms with Crippen LogP contribution in [0.4, 0.5) is 18.9 Å². The first-order valence-corrected chi connectivity index (χ1v) is 14.4. The number of sulfone groups is 1. The van der Waals surface area contributed by atoms with Crippen LogP contribution < -0.4 is 5.32 Å². The van der Waals surface area contributed by atoms with Crippen LogP contribution in [0, 0.1) is 42.1 Å². The van der Waals surface area contributed by atoms with Gasteiger partial charge in [-0.25, -0.2) is 21.6 Å². The van der Waals surface area contributed by atoms with Gasteiger partial charge >= 0.3 is 0 Å². The fourth-order valence-corrected chi connectivity index (χ4v) is 8.76. The van der Waals surface area contributed by atoms with Crippen LogP contribution in [0.5, 0.6) is 0 Å². The van der Waals surface area contributed by atoms with E-state index in [0.717, 1.165) is 17.2 Å². The topological polar surface area (TPSA) is 96.4 Å². The van der Waals surface area contributed by atoms with Crippen LogP contribution in [0.15, 0.2) is 53.7 Å². The highest BCUT2D eigenvalue weighted by molar-refractivity contribution is 7.92. The maximum Gasteiger partial charge on any atom is 0.255 e. The summed E-state index contributed by atoms with van der Waals surface area (Å²) >= 11 is 6.31. The molecule has 5 atom stereocenters. The predicted molar refractivity (Wildman–Crippen MR) is 140 cm³/mol. The molecule has 2 aliphatic rings. The highest BCUT2D eigenvalue weighted by atomic mass is 35.5. The van der Waals surface area contributed by atoms with Gasteiger partial charge in [-0.15, -0.1) is 0 Å². The molecule has 2 saturated carbocycles. The molecule has 1 unspecified atom stereocenters. The quantitative estimate of drug-likeness (QED) is 0.373. The van der Waals surface area contributed by atoms with Crippen LogP contribution in [0.1, 0.15) is 47.7 Å². The predicted octanol–water partition coefficient (Wildman–Crippen LogP) is 5.81. The molecular weight excluding hydrogens is 553 g/mol. The molecule has 2 aliphatic carbocycles. The monoisotopic (exact) mass is 578 g/mol. The number of carbonyl (C=O) groups excluding carboxylic acids is 1. The largest absolute Gasteiger partial charge is 0.385 e.